The lowest BCUT2D eigenvalue weighted by molar-refractivity contribution is -0.124. The molecule has 0 aliphatic rings. The molecular formula is C13H23N3OS. The SMILES string of the molecule is CC(C)NC(Cc1c[nH]c(=S)n1C)C(=O)C(C)C. The van der Waals surface area contributed by atoms with Crippen LogP contribution in [0.25, 0.3) is 0 Å². The largest absolute Gasteiger partial charge is 0.337 e. The highest BCUT2D eigenvalue weighted by Crippen LogP contribution is 2.09. The van der Waals surface area contributed by atoms with Gasteiger partial charge in [0.2, 0.25) is 0 Å². The van der Waals surface area contributed by atoms with Gasteiger partial charge in [0.05, 0.1) is 6.04 Å². The Morgan fingerprint density at radius 2 is 2.06 bits per heavy atom. The van der Waals surface area contributed by atoms with Crippen molar-refractivity contribution in [3.63, 3.8) is 0 Å². The van der Waals surface area contributed by atoms with Gasteiger partial charge in [-0.05, 0) is 12.2 Å². The molecule has 0 radical (unpaired) electrons. The maximum Gasteiger partial charge on any atom is 0.177 e. The molecule has 4 nitrogen and oxygen atoms in total. The Morgan fingerprint density at radius 3 is 2.44 bits per heavy atom. The van der Waals surface area contributed by atoms with Crippen molar-refractivity contribution in [3.8, 4) is 0 Å². The molecule has 2 N–H and O–H groups in total. The Morgan fingerprint density at radius 1 is 1.44 bits per heavy atom. The van der Waals surface area contributed by atoms with Crippen LogP contribution in [0.1, 0.15) is 33.4 Å². The van der Waals surface area contributed by atoms with E-state index in [2.05, 4.69) is 24.1 Å². The number of Topliss-reactive ketones (excluding diaryl/α,β-unsaturated/α-hetero) is 1. The highest BCUT2D eigenvalue weighted by Gasteiger charge is 2.23. The summed E-state index contributed by atoms with van der Waals surface area (Å²) in [6.07, 6.45) is 2.55. The number of aromatic amines is 1. The second kappa shape index (κ2) is 6.29. The van der Waals surface area contributed by atoms with Crippen LogP contribution in [0.15, 0.2) is 6.20 Å². The average Bonchev–Trinajstić information content (AvgIpc) is 2.58. The lowest BCUT2D eigenvalue weighted by atomic mass is 9.97. The van der Waals surface area contributed by atoms with Crippen LogP contribution >= 0.6 is 12.2 Å². The van der Waals surface area contributed by atoms with E-state index in [9.17, 15) is 4.79 Å². The molecule has 1 aromatic rings. The molecule has 0 aliphatic carbocycles. The second-order valence-electron chi connectivity index (χ2n) is 5.28. The molecule has 0 saturated carbocycles. The monoisotopic (exact) mass is 269 g/mol. The van der Waals surface area contributed by atoms with Crippen LogP contribution in [0.3, 0.4) is 0 Å². The van der Waals surface area contributed by atoms with Gasteiger partial charge in [-0.25, -0.2) is 0 Å². The first-order valence-electron chi connectivity index (χ1n) is 6.36. The van der Waals surface area contributed by atoms with Gasteiger partial charge in [0.25, 0.3) is 0 Å². The van der Waals surface area contributed by atoms with Crippen LogP contribution in [-0.4, -0.2) is 27.4 Å². The minimum absolute atomic E-state index is 0.0356. The van der Waals surface area contributed by atoms with Gasteiger partial charge in [-0.15, -0.1) is 0 Å². The number of ketones is 1. The van der Waals surface area contributed by atoms with Crippen LogP contribution in [0, 0.1) is 10.7 Å². The third kappa shape index (κ3) is 3.78. The third-order valence-electron chi connectivity index (χ3n) is 2.96. The summed E-state index contributed by atoms with van der Waals surface area (Å²) in [5, 5.41) is 3.34. The first-order valence-corrected chi connectivity index (χ1v) is 6.76. The summed E-state index contributed by atoms with van der Waals surface area (Å²) in [6.45, 7) is 7.98. The predicted molar refractivity (Wildman–Crippen MR) is 76.2 cm³/mol. The van der Waals surface area contributed by atoms with Crippen LogP contribution in [0.2, 0.25) is 0 Å². The smallest absolute Gasteiger partial charge is 0.177 e. The normalized spacial score (nSPS) is 13.3. The van der Waals surface area contributed by atoms with E-state index in [-0.39, 0.29) is 23.8 Å². The standard InChI is InChI=1S/C13H23N3OS/c1-8(2)12(17)11(15-9(3)4)6-10-7-14-13(18)16(10)5/h7-9,11,15H,6H2,1-5H3,(H,14,18). The summed E-state index contributed by atoms with van der Waals surface area (Å²) in [6, 6.07) is 0.131. The van der Waals surface area contributed by atoms with Gasteiger partial charge in [-0.2, -0.15) is 0 Å². The first-order chi connectivity index (χ1) is 8.32. The molecule has 0 bridgehead atoms. The molecule has 0 aliphatic heterocycles. The fraction of sp³-hybridized carbons (Fsp3) is 0.692. The van der Waals surface area contributed by atoms with E-state index in [1.54, 1.807) is 0 Å². The number of imidazole rings is 1. The summed E-state index contributed by atoms with van der Waals surface area (Å²) in [5.41, 5.74) is 1.05. The molecule has 0 aromatic carbocycles. The number of nitrogens with zero attached hydrogens (tertiary/aromatic N) is 1. The number of carbonyl (C=O) groups is 1. The maximum absolute atomic E-state index is 12.2. The summed E-state index contributed by atoms with van der Waals surface area (Å²) >= 11 is 5.13. The van der Waals surface area contributed by atoms with E-state index < -0.39 is 0 Å². The fourth-order valence-corrected chi connectivity index (χ4v) is 2.10. The molecule has 1 unspecified atom stereocenters. The van der Waals surface area contributed by atoms with Gasteiger partial charge in [-0.1, -0.05) is 27.7 Å². The van der Waals surface area contributed by atoms with Gasteiger partial charge in [0.1, 0.15) is 0 Å². The van der Waals surface area contributed by atoms with E-state index in [0.717, 1.165) is 5.69 Å². The number of rotatable bonds is 6. The molecule has 1 atom stereocenters. The van der Waals surface area contributed by atoms with E-state index in [4.69, 9.17) is 12.2 Å². The minimum atomic E-state index is -0.151. The zero-order valence-electron chi connectivity index (χ0n) is 11.8. The highest BCUT2D eigenvalue weighted by molar-refractivity contribution is 7.71. The van der Waals surface area contributed by atoms with Crippen molar-refractivity contribution in [2.24, 2.45) is 13.0 Å². The van der Waals surface area contributed by atoms with Crippen molar-refractivity contribution >= 4 is 18.0 Å². The van der Waals surface area contributed by atoms with Gasteiger partial charge >= 0.3 is 0 Å². The average molecular weight is 269 g/mol. The number of H-pyrrole nitrogens is 1. The highest BCUT2D eigenvalue weighted by atomic mass is 32.1. The van der Waals surface area contributed by atoms with Crippen molar-refractivity contribution in [2.75, 3.05) is 0 Å². The molecule has 1 rings (SSSR count). The molecule has 102 valence electrons. The van der Waals surface area contributed by atoms with Crippen molar-refractivity contribution in [1.29, 1.82) is 0 Å². The summed E-state index contributed by atoms with van der Waals surface area (Å²) in [4.78, 5) is 15.2. The Hall–Kier alpha value is -0.940. The summed E-state index contributed by atoms with van der Waals surface area (Å²) < 4.78 is 2.60. The Balaban J connectivity index is 2.88. The van der Waals surface area contributed by atoms with Gasteiger partial charge in [0.15, 0.2) is 10.6 Å². The van der Waals surface area contributed by atoms with Crippen LogP contribution in [0.4, 0.5) is 0 Å². The van der Waals surface area contributed by atoms with E-state index in [0.29, 0.717) is 11.2 Å². The van der Waals surface area contributed by atoms with Gasteiger partial charge < -0.3 is 14.9 Å². The van der Waals surface area contributed by atoms with Crippen molar-refractivity contribution < 1.29 is 4.79 Å². The molecule has 0 amide bonds. The number of nitrogens with one attached hydrogen (secondary N) is 2. The third-order valence-corrected chi connectivity index (χ3v) is 3.35. The zero-order chi connectivity index (χ0) is 13.9. The van der Waals surface area contributed by atoms with Gasteiger partial charge in [-0.3, -0.25) is 4.79 Å². The van der Waals surface area contributed by atoms with Crippen LogP contribution < -0.4 is 5.32 Å². The summed E-state index contributed by atoms with van der Waals surface area (Å²) in [5.74, 6) is 0.282. The van der Waals surface area contributed by atoms with E-state index in [1.165, 1.54) is 0 Å². The molecule has 0 saturated heterocycles. The molecule has 5 heteroatoms. The van der Waals surface area contributed by atoms with E-state index in [1.807, 2.05) is 31.7 Å². The fourth-order valence-electron chi connectivity index (χ4n) is 1.92. The van der Waals surface area contributed by atoms with Gasteiger partial charge in [0, 0.05) is 37.3 Å². The molecule has 0 fully saturated rings. The van der Waals surface area contributed by atoms with Crippen molar-refractivity contribution in [3.05, 3.63) is 16.7 Å². The topological polar surface area (TPSA) is 49.8 Å². The minimum Gasteiger partial charge on any atom is -0.337 e. The lowest BCUT2D eigenvalue weighted by Crippen LogP contribution is -2.44. The number of aromatic nitrogens is 2. The maximum atomic E-state index is 12.2. The first kappa shape index (κ1) is 15.1. The molecule has 1 heterocycles. The number of hydrogen-bond donors (Lipinski definition) is 2. The molecule has 18 heavy (non-hydrogen) atoms. The van der Waals surface area contributed by atoms with Crippen molar-refractivity contribution in [2.45, 2.75) is 46.2 Å². The van der Waals surface area contributed by atoms with E-state index >= 15 is 0 Å². The number of carbonyl (C=O) groups excluding carboxylic acids is 1. The van der Waals surface area contributed by atoms with Crippen molar-refractivity contribution in [1.82, 2.24) is 14.9 Å². The predicted octanol–water partition coefficient (Wildman–Crippen LogP) is 2.22. The number of hydrogen-bond acceptors (Lipinski definition) is 3. The molecule has 1 aromatic heterocycles. The quantitative estimate of drug-likeness (QED) is 0.779. The molecular weight excluding hydrogens is 246 g/mol. The Labute approximate surface area is 114 Å². The Kier molecular flexibility index (Phi) is 5.28. The second-order valence-corrected chi connectivity index (χ2v) is 5.67. The summed E-state index contributed by atoms with van der Waals surface area (Å²) in [7, 11) is 1.92. The molecule has 0 spiro atoms. The zero-order valence-corrected chi connectivity index (χ0v) is 12.6. The lowest BCUT2D eigenvalue weighted by Gasteiger charge is -2.22. The van der Waals surface area contributed by atoms with Crippen LogP contribution in [-0.2, 0) is 18.3 Å². The van der Waals surface area contributed by atoms with Crippen LogP contribution in [0.5, 0.6) is 0 Å². The Bertz CT molecular complexity index is 459.